The van der Waals surface area contributed by atoms with Gasteiger partial charge < -0.3 is 4.74 Å². The number of nitrogens with one attached hydrogen (secondary N) is 1. The highest BCUT2D eigenvalue weighted by molar-refractivity contribution is 7.99. The molecule has 0 saturated heterocycles. The van der Waals surface area contributed by atoms with Gasteiger partial charge in [0.15, 0.2) is 11.0 Å². The monoisotopic (exact) mass is 559 g/mol. The minimum Gasteiger partial charge on any atom is -0.497 e. The molecule has 184 valence electrons. The fraction of sp³-hybridized carbons (Fsp3) is 0.120. The third kappa shape index (κ3) is 6.20. The van der Waals surface area contributed by atoms with Crippen LogP contribution in [-0.2, 0) is 4.79 Å². The molecule has 0 aliphatic carbocycles. The van der Waals surface area contributed by atoms with E-state index in [0.29, 0.717) is 31.8 Å². The van der Waals surface area contributed by atoms with Crippen molar-refractivity contribution in [3.63, 3.8) is 0 Å². The second-order valence-electron chi connectivity index (χ2n) is 7.50. The van der Waals surface area contributed by atoms with Gasteiger partial charge in [-0.05, 0) is 73.2 Å². The van der Waals surface area contributed by atoms with E-state index in [4.69, 9.17) is 39.5 Å². The highest BCUT2D eigenvalue weighted by Crippen LogP contribution is 2.29. The van der Waals surface area contributed by atoms with Crippen LogP contribution in [-0.4, -0.2) is 39.2 Å². The van der Waals surface area contributed by atoms with Gasteiger partial charge in [0.05, 0.1) is 28.6 Å². The standard InChI is InChI=1S/C25H20Cl3N5O2S/c1-15(17-5-12-21(27)22(28)13-17)29-30-23(34)14-36-25-32-31-24(16-3-10-20(35-2)11-4-16)33(25)19-8-6-18(26)7-9-19/h3-13H,14H2,1-2H3,(H,30,34). The molecule has 4 rings (SSSR count). The number of hydrazone groups is 1. The molecule has 11 heteroatoms. The topological polar surface area (TPSA) is 81.4 Å². The van der Waals surface area contributed by atoms with Crippen LogP contribution in [0.15, 0.2) is 77.0 Å². The van der Waals surface area contributed by atoms with Gasteiger partial charge in [0, 0.05) is 16.3 Å². The first-order valence-corrected chi connectivity index (χ1v) is 12.7. The van der Waals surface area contributed by atoms with E-state index in [2.05, 4.69) is 20.7 Å². The lowest BCUT2D eigenvalue weighted by atomic mass is 10.1. The zero-order chi connectivity index (χ0) is 25.7. The van der Waals surface area contributed by atoms with Gasteiger partial charge >= 0.3 is 0 Å². The van der Waals surface area contributed by atoms with Crippen LogP contribution in [0.25, 0.3) is 17.1 Å². The first-order chi connectivity index (χ1) is 17.4. The Morgan fingerprint density at radius 2 is 1.72 bits per heavy atom. The summed E-state index contributed by atoms with van der Waals surface area (Å²) in [5, 5.41) is 14.9. The van der Waals surface area contributed by atoms with Gasteiger partial charge in [-0.2, -0.15) is 5.10 Å². The third-order valence-corrected chi connectivity index (χ3v) is 7.00. The Morgan fingerprint density at radius 3 is 2.39 bits per heavy atom. The van der Waals surface area contributed by atoms with Crippen LogP contribution in [0.4, 0.5) is 0 Å². The van der Waals surface area contributed by atoms with E-state index in [-0.39, 0.29) is 11.7 Å². The Labute approximate surface area is 227 Å². The van der Waals surface area contributed by atoms with E-state index in [1.54, 1.807) is 44.4 Å². The minimum absolute atomic E-state index is 0.0759. The van der Waals surface area contributed by atoms with Gasteiger partial charge in [0.1, 0.15) is 5.75 Å². The molecule has 0 saturated carbocycles. The summed E-state index contributed by atoms with van der Waals surface area (Å²) in [6.07, 6.45) is 0. The number of nitrogens with zero attached hydrogens (tertiary/aromatic N) is 4. The number of rotatable bonds is 8. The number of amides is 1. The number of thioether (sulfide) groups is 1. The van der Waals surface area contributed by atoms with E-state index in [0.717, 1.165) is 22.6 Å². The molecular weight excluding hydrogens is 541 g/mol. The van der Waals surface area contributed by atoms with Crippen LogP contribution in [0, 0.1) is 0 Å². The average molecular weight is 561 g/mol. The van der Waals surface area contributed by atoms with Gasteiger partial charge in [-0.25, -0.2) is 5.43 Å². The van der Waals surface area contributed by atoms with Crippen molar-refractivity contribution < 1.29 is 9.53 Å². The normalized spacial score (nSPS) is 11.4. The number of halogens is 3. The van der Waals surface area contributed by atoms with Crippen LogP contribution < -0.4 is 10.2 Å². The van der Waals surface area contributed by atoms with Crippen molar-refractivity contribution in [3.8, 4) is 22.8 Å². The van der Waals surface area contributed by atoms with E-state index < -0.39 is 0 Å². The number of aromatic nitrogens is 3. The fourth-order valence-electron chi connectivity index (χ4n) is 3.21. The zero-order valence-electron chi connectivity index (χ0n) is 19.2. The Bertz CT molecular complexity index is 1410. The van der Waals surface area contributed by atoms with Crippen LogP contribution >= 0.6 is 46.6 Å². The number of benzene rings is 3. The summed E-state index contributed by atoms with van der Waals surface area (Å²) in [6, 6.07) is 20.0. The predicted molar refractivity (Wildman–Crippen MR) is 146 cm³/mol. The molecule has 0 spiro atoms. The Morgan fingerprint density at radius 1 is 1.00 bits per heavy atom. The fourth-order valence-corrected chi connectivity index (χ4v) is 4.38. The van der Waals surface area contributed by atoms with Gasteiger partial charge in [0.25, 0.3) is 5.91 Å². The third-order valence-electron chi connectivity index (χ3n) is 5.08. The molecular formula is C25H20Cl3N5O2S. The van der Waals surface area contributed by atoms with E-state index in [1.165, 1.54) is 11.8 Å². The Balaban J connectivity index is 1.53. The highest BCUT2D eigenvalue weighted by Gasteiger charge is 2.17. The number of hydrogen-bond acceptors (Lipinski definition) is 6. The lowest BCUT2D eigenvalue weighted by molar-refractivity contribution is -0.118. The van der Waals surface area contributed by atoms with E-state index in [9.17, 15) is 4.79 Å². The van der Waals surface area contributed by atoms with E-state index >= 15 is 0 Å². The summed E-state index contributed by atoms with van der Waals surface area (Å²) in [4.78, 5) is 12.5. The first kappa shape index (κ1) is 26.0. The smallest absolute Gasteiger partial charge is 0.250 e. The molecule has 0 radical (unpaired) electrons. The molecule has 3 aromatic carbocycles. The molecule has 1 heterocycles. The van der Waals surface area contributed by atoms with Crippen LogP contribution in [0.5, 0.6) is 5.75 Å². The molecule has 7 nitrogen and oxygen atoms in total. The molecule has 0 unspecified atom stereocenters. The van der Waals surface area contributed by atoms with Crippen molar-refractivity contribution >= 4 is 58.2 Å². The van der Waals surface area contributed by atoms with Crippen LogP contribution in [0.1, 0.15) is 12.5 Å². The summed E-state index contributed by atoms with van der Waals surface area (Å²) in [5.74, 6) is 1.14. The molecule has 1 N–H and O–H groups in total. The number of hydrogen-bond donors (Lipinski definition) is 1. The van der Waals surface area contributed by atoms with Gasteiger partial charge in [-0.15, -0.1) is 10.2 Å². The minimum atomic E-state index is -0.295. The van der Waals surface area contributed by atoms with Gasteiger partial charge in [-0.3, -0.25) is 9.36 Å². The highest BCUT2D eigenvalue weighted by atomic mass is 35.5. The number of methoxy groups -OCH3 is 1. The molecule has 1 amide bonds. The second kappa shape index (κ2) is 11.8. The predicted octanol–water partition coefficient (Wildman–Crippen LogP) is 6.54. The quantitative estimate of drug-likeness (QED) is 0.150. The summed E-state index contributed by atoms with van der Waals surface area (Å²) in [6.45, 7) is 1.77. The van der Waals surface area contributed by atoms with Crippen molar-refractivity contribution in [1.82, 2.24) is 20.2 Å². The summed E-state index contributed by atoms with van der Waals surface area (Å²) >= 11 is 19.4. The molecule has 0 bridgehead atoms. The lowest BCUT2D eigenvalue weighted by Gasteiger charge is -2.11. The lowest BCUT2D eigenvalue weighted by Crippen LogP contribution is -2.21. The molecule has 0 aliphatic heterocycles. The molecule has 0 aliphatic rings. The average Bonchev–Trinajstić information content (AvgIpc) is 3.32. The SMILES string of the molecule is COc1ccc(-c2nnc(SCC(=O)NN=C(C)c3ccc(Cl)c(Cl)c3)n2-c2ccc(Cl)cc2)cc1. The molecule has 4 aromatic rings. The largest absolute Gasteiger partial charge is 0.497 e. The number of ether oxygens (including phenoxy) is 1. The van der Waals surface area contributed by atoms with Gasteiger partial charge in [0.2, 0.25) is 0 Å². The maximum atomic E-state index is 12.5. The van der Waals surface area contributed by atoms with Crippen LogP contribution in [0.2, 0.25) is 15.1 Å². The Hall–Kier alpha value is -3.04. The van der Waals surface area contributed by atoms with Crippen LogP contribution in [0.3, 0.4) is 0 Å². The first-order valence-electron chi connectivity index (χ1n) is 10.6. The van der Waals surface area contributed by atoms with Crippen molar-refractivity contribution in [2.75, 3.05) is 12.9 Å². The summed E-state index contributed by atoms with van der Waals surface area (Å²) < 4.78 is 7.13. The van der Waals surface area contributed by atoms with Crippen molar-refractivity contribution in [2.24, 2.45) is 5.10 Å². The van der Waals surface area contributed by atoms with Crippen molar-refractivity contribution in [1.29, 1.82) is 0 Å². The summed E-state index contributed by atoms with van der Waals surface area (Å²) in [5.41, 5.74) is 5.57. The molecule has 0 fully saturated rings. The van der Waals surface area contributed by atoms with E-state index in [1.807, 2.05) is 41.0 Å². The van der Waals surface area contributed by atoms with Crippen molar-refractivity contribution in [3.05, 3.63) is 87.4 Å². The second-order valence-corrected chi connectivity index (χ2v) is 9.69. The van der Waals surface area contributed by atoms with Crippen molar-refractivity contribution in [2.45, 2.75) is 12.1 Å². The molecule has 36 heavy (non-hydrogen) atoms. The summed E-state index contributed by atoms with van der Waals surface area (Å²) in [7, 11) is 1.61. The molecule has 1 aromatic heterocycles. The number of carbonyl (C=O) groups excluding carboxylic acids is 1. The Kier molecular flexibility index (Phi) is 8.53. The maximum Gasteiger partial charge on any atom is 0.250 e. The molecule has 0 atom stereocenters. The maximum absolute atomic E-state index is 12.5. The number of carbonyl (C=O) groups is 1. The zero-order valence-corrected chi connectivity index (χ0v) is 22.3. The van der Waals surface area contributed by atoms with Gasteiger partial charge in [-0.1, -0.05) is 52.6 Å².